The number of benzene rings is 2. The molecular formula is C20H23ClN2O2. The lowest BCUT2D eigenvalue weighted by molar-refractivity contribution is -0.141. The van der Waals surface area contributed by atoms with Crippen LogP contribution in [-0.4, -0.2) is 23.3 Å². The van der Waals surface area contributed by atoms with E-state index in [1.54, 1.807) is 24.0 Å². The zero-order valence-electron chi connectivity index (χ0n) is 14.5. The molecule has 0 bridgehead atoms. The average molecular weight is 359 g/mol. The summed E-state index contributed by atoms with van der Waals surface area (Å²) < 4.78 is 0. The topological polar surface area (TPSA) is 49.4 Å². The lowest BCUT2D eigenvalue weighted by Crippen LogP contribution is -2.43. The molecule has 0 radical (unpaired) electrons. The molecule has 5 heteroatoms. The van der Waals surface area contributed by atoms with E-state index in [9.17, 15) is 9.59 Å². The van der Waals surface area contributed by atoms with Gasteiger partial charge in [-0.2, -0.15) is 0 Å². The minimum absolute atomic E-state index is 0.0740. The first-order valence-electron chi connectivity index (χ1n) is 8.43. The summed E-state index contributed by atoms with van der Waals surface area (Å²) >= 11 is 5.94. The van der Waals surface area contributed by atoms with Gasteiger partial charge in [-0.05, 0) is 30.2 Å². The molecule has 2 amide bonds. The molecule has 1 N–H and O–H groups in total. The Morgan fingerprint density at radius 2 is 1.68 bits per heavy atom. The van der Waals surface area contributed by atoms with Crippen LogP contribution in [0.2, 0.25) is 5.02 Å². The Labute approximate surface area is 153 Å². The highest BCUT2D eigenvalue weighted by Crippen LogP contribution is 2.25. The number of nitrogens with zero attached hydrogens (tertiary/aromatic N) is 1. The molecule has 2 aromatic carbocycles. The first-order chi connectivity index (χ1) is 12.1. The van der Waals surface area contributed by atoms with Gasteiger partial charge in [-0.15, -0.1) is 0 Å². The van der Waals surface area contributed by atoms with E-state index < -0.39 is 6.04 Å². The van der Waals surface area contributed by atoms with E-state index in [2.05, 4.69) is 5.32 Å². The molecule has 0 heterocycles. The van der Waals surface area contributed by atoms with Gasteiger partial charge in [0.15, 0.2) is 0 Å². The zero-order chi connectivity index (χ0) is 18.2. The van der Waals surface area contributed by atoms with Gasteiger partial charge in [-0.3, -0.25) is 9.59 Å². The van der Waals surface area contributed by atoms with Gasteiger partial charge in [0.1, 0.15) is 6.04 Å². The normalized spacial score (nSPS) is 11.6. The van der Waals surface area contributed by atoms with Gasteiger partial charge < -0.3 is 10.2 Å². The first kappa shape index (κ1) is 19.0. The third-order valence-electron chi connectivity index (χ3n) is 3.92. The quantitative estimate of drug-likeness (QED) is 0.814. The number of halogens is 1. The molecule has 1 atom stereocenters. The highest BCUT2D eigenvalue weighted by Gasteiger charge is 2.30. The molecule has 0 saturated heterocycles. The van der Waals surface area contributed by atoms with Gasteiger partial charge in [0.25, 0.3) is 0 Å². The van der Waals surface area contributed by atoms with Crippen molar-refractivity contribution < 1.29 is 9.59 Å². The average Bonchev–Trinajstić information content (AvgIpc) is 2.63. The molecule has 0 aromatic heterocycles. The monoisotopic (exact) mass is 358 g/mol. The van der Waals surface area contributed by atoms with Crippen molar-refractivity contribution in [3.05, 3.63) is 70.7 Å². The maximum Gasteiger partial charge on any atom is 0.247 e. The smallest absolute Gasteiger partial charge is 0.247 e. The number of rotatable bonds is 7. The Bertz CT molecular complexity index is 701. The number of amides is 2. The number of likely N-dealkylation sites (N-methyl/N-ethyl adjacent to an activating group) is 1. The fraction of sp³-hybridized carbons (Fsp3) is 0.300. The molecule has 0 aliphatic heterocycles. The molecule has 0 aliphatic rings. The minimum atomic E-state index is -0.663. The Balaban J connectivity index is 2.40. The molecule has 0 fully saturated rings. The molecular weight excluding hydrogens is 336 g/mol. The number of carbonyl (C=O) groups excluding carboxylic acids is 2. The molecule has 25 heavy (non-hydrogen) atoms. The number of nitrogens with one attached hydrogen (secondary N) is 1. The second-order valence-electron chi connectivity index (χ2n) is 5.71. The van der Waals surface area contributed by atoms with Crippen molar-refractivity contribution >= 4 is 23.4 Å². The maximum absolute atomic E-state index is 12.7. The third kappa shape index (κ3) is 5.07. The lowest BCUT2D eigenvalue weighted by Gasteiger charge is -2.31. The standard InChI is InChI=1S/C20H23ClN2O2/c1-3-18(24)23(14-15-10-12-17(21)13-11-15)19(20(25)22-4-2)16-8-6-5-7-9-16/h5-13,19H,3-4,14H2,1-2H3,(H,22,25)/t19-/m1/s1. The summed E-state index contributed by atoms with van der Waals surface area (Å²) in [6, 6.07) is 16.0. The van der Waals surface area contributed by atoms with Crippen LogP contribution in [-0.2, 0) is 16.1 Å². The SMILES string of the molecule is CCNC(=O)[C@@H](c1ccccc1)N(Cc1ccc(Cl)cc1)C(=O)CC. The first-order valence-corrected chi connectivity index (χ1v) is 8.81. The summed E-state index contributed by atoms with van der Waals surface area (Å²) in [7, 11) is 0. The van der Waals surface area contributed by atoms with E-state index in [4.69, 9.17) is 11.6 Å². The maximum atomic E-state index is 12.7. The van der Waals surface area contributed by atoms with E-state index in [0.29, 0.717) is 24.5 Å². The van der Waals surface area contributed by atoms with Crippen LogP contribution < -0.4 is 5.32 Å². The fourth-order valence-electron chi connectivity index (χ4n) is 2.69. The minimum Gasteiger partial charge on any atom is -0.354 e. The fourth-order valence-corrected chi connectivity index (χ4v) is 2.82. The van der Waals surface area contributed by atoms with Gasteiger partial charge in [0.2, 0.25) is 11.8 Å². The lowest BCUT2D eigenvalue weighted by atomic mass is 10.0. The van der Waals surface area contributed by atoms with E-state index in [1.807, 2.05) is 49.4 Å². The summed E-state index contributed by atoms with van der Waals surface area (Å²) in [5.41, 5.74) is 1.72. The molecule has 0 aliphatic carbocycles. The Morgan fingerprint density at radius 3 is 2.24 bits per heavy atom. The summed E-state index contributed by atoms with van der Waals surface area (Å²) in [4.78, 5) is 27.0. The molecule has 0 unspecified atom stereocenters. The number of carbonyl (C=O) groups is 2. The van der Waals surface area contributed by atoms with Gasteiger partial charge in [0.05, 0.1) is 0 Å². The van der Waals surface area contributed by atoms with E-state index in [1.165, 1.54) is 0 Å². The van der Waals surface area contributed by atoms with Gasteiger partial charge in [-0.1, -0.05) is 61.0 Å². The Kier molecular flexibility index (Phi) is 7.02. The van der Waals surface area contributed by atoms with Crippen LogP contribution in [0.25, 0.3) is 0 Å². The molecule has 2 aromatic rings. The molecule has 0 spiro atoms. The summed E-state index contributed by atoms with van der Waals surface area (Å²) in [5.74, 6) is -0.250. The van der Waals surface area contributed by atoms with Crippen molar-refractivity contribution in [2.75, 3.05) is 6.54 Å². The third-order valence-corrected chi connectivity index (χ3v) is 4.17. The van der Waals surface area contributed by atoms with Crippen LogP contribution in [0.5, 0.6) is 0 Å². The summed E-state index contributed by atoms with van der Waals surface area (Å²) in [6.07, 6.45) is 0.330. The van der Waals surface area contributed by atoms with Crippen LogP contribution in [0.1, 0.15) is 37.4 Å². The zero-order valence-corrected chi connectivity index (χ0v) is 15.3. The van der Waals surface area contributed by atoms with Gasteiger partial charge in [-0.25, -0.2) is 0 Å². The van der Waals surface area contributed by atoms with Crippen molar-refractivity contribution in [2.45, 2.75) is 32.9 Å². The van der Waals surface area contributed by atoms with Gasteiger partial charge >= 0.3 is 0 Å². The van der Waals surface area contributed by atoms with Crippen LogP contribution in [0.3, 0.4) is 0 Å². The number of hydrogen-bond acceptors (Lipinski definition) is 2. The largest absolute Gasteiger partial charge is 0.354 e. The second kappa shape index (κ2) is 9.23. The molecule has 0 saturated carbocycles. The summed E-state index contributed by atoms with van der Waals surface area (Å²) in [6.45, 7) is 4.53. The highest BCUT2D eigenvalue weighted by atomic mass is 35.5. The number of hydrogen-bond donors (Lipinski definition) is 1. The van der Waals surface area contributed by atoms with Crippen LogP contribution in [0.15, 0.2) is 54.6 Å². The van der Waals surface area contributed by atoms with Crippen LogP contribution >= 0.6 is 11.6 Å². The highest BCUT2D eigenvalue weighted by molar-refractivity contribution is 6.30. The van der Waals surface area contributed by atoms with Gasteiger partial charge in [0, 0.05) is 24.5 Å². The van der Waals surface area contributed by atoms with Crippen molar-refractivity contribution in [2.24, 2.45) is 0 Å². The van der Waals surface area contributed by atoms with Crippen molar-refractivity contribution in [3.63, 3.8) is 0 Å². The van der Waals surface area contributed by atoms with E-state index >= 15 is 0 Å². The van der Waals surface area contributed by atoms with Crippen LogP contribution in [0, 0.1) is 0 Å². The second-order valence-corrected chi connectivity index (χ2v) is 6.15. The van der Waals surface area contributed by atoms with Crippen molar-refractivity contribution in [1.29, 1.82) is 0 Å². The predicted molar refractivity (Wildman–Crippen MR) is 100 cm³/mol. The molecule has 4 nitrogen and oxygen atoms in total. The van der Waals surface area contributed by atoms with E-state index in [-0.39, 0.29) is 11.8 Å². The van der Waals surface area contributed by atoms with Crippen LogP contribution in [0.4, 0.5) is 0 Å². The van der Waals surface area contributed by atoms with Crippen molar-refractivity contribution in [3.8, 4) is 0 Å². The summed E-state index contributed by atoms with van der Waals surface area (Å²) in [5, 5.41) is 3.48. The molecule has 2 rings (SSSR count). The van der Waals surface area contributed by atoms with Crippen molar-refractivity contribution in [1.82, 2.24) is 10.2 Å². The van der Waals surface area contributed by atoms with E-state index in [0.717, 1.165) is 11.1 Å². The molecule has 132 valence electrons. The Hall–Kier alpha value is -2.33. The Morgan fingerprint density at radius 1 is 1.04 bits per heavy atom. The predicted octanol–water partition coefficient (Wildman–Crippen LogP) is 3.96.